The molecule has 0 spiro atoms. The molecule has 25 heavy (non-hydrogen) atoms. The Balaban J connectivity index is 2.95. The van der Waals surface area contributed by atoms with Crippen LogP contribution in [-0.4, -0.2) is 91.0 Å². The van der Waals surface area contributed by atoms with E-state index in [-0.39, 0.29) is 6.61 Å². The highest BCUT2D eigenvalue weighted by Crippen LogP contribution is 1.95. The molecule has 1 N–H and O–H groups in total. The van der Waals surface area contributed by atoms with Gasteiger partial charge in [0, 0.05) is 6.61 Å². The molecule has 0 atom stereocenters. The molecule has 0 bridgehead atoms. The number of unbranched alkanes of at least 4 members (excludes halogenated alkanes) is 2. The molecule has 0 amide bonds. The molecule has 0 aliphatic heterocycles. The molecule has 0 heterocycles. The van der Waals surface area contributed by atoms with Crippen LogP contribution in [0.4, 0.5) is 0 Å². The van der Waals surface area contributed by atoms with Gasteiger partial charge in [0.05, 0.1) is 79.3 Å². The largest absolute Gasteiger partial charge is 0.394 e. The van der Waals surface area contributed by atoms with Crippen LogP contribution in [0.2, 0.25) is 0 Å². The molecule has 0 fully saturated rings. The van der Waals surface area contributed by atoms with E-state index in [1.165, 1.54) is 0 Å². The van der Waals surface area contributed by atoms with Gasteiger partial charge in [-0.25, -0.2) is 0 Å². The molecule has 0 aromatic rings. The monoisotopic (exact) mass is 364 g/mol. The second-order valence-corrected chi connectivity index (χ2v) is 5.18. The first-order valence-electron chi connectivity index (χ1n) is 9.10. The standard InChI is InChI=1S/C18H36O7/c1-2-3-4-5-7-20-9-11-22-13-15-24-17-18-25-16-14-23-12-10-21-8-6-19/h2,19H,1,3-18H2. The summed E-state index contributed by atoms with van der Waals surface area (Å²) >= 11 is 0. The molecule has 0 aliphatic rings. The predicted molar refractivity (Wildman–Crippen MR) is 96.0 cm³/mol. The number of hydrogen-bond donors (Lipinski definition) is 1. The zero-order valence-electron chi connectivity index (χ0n) is 15.5. The predicted octanol–water partition coefficient (Wildman–Crippen LogP) is 1.43. The van der Waals surface area contributed by atoms with Gasteiger partial charge in [-0.1, -0.05) is 6.08 Å². The van der Waals surface area contributed by atoms with E-state index in [9.17, 15) is 0 Å². The smallest absolute Gasteiger partial charge is 0.0701 e. The summed E-state index contributed by atoms with van der Waals surface area (Å²) in [5, 5.41) is 8.51. The third kappa shape index (κ3) is 23.5. The minimum absolute atomic E-state index is 0.0400. The van der Waals surface area contributed by atoms with Crippen molar-refractivity contribution >= 4 is 0 Å². The van der Waals surface area contributed by atoms with Crippen LogP contribution >= 0.6 is 0 Å². The molecular weight excluding hydrogens is 328 g/mol. The van der Waals surface area contributed by atoms with Crippen LogP contribution in [0.15, 0.2) is 12.7 Å². The lowest BCUT2D eigenvalue weighted by Gasteiger charge is -2.08. The summed E-state index contributed by atoms with van der Waals surface area (Å²) in [6.07, 6.45) is 5.18. The molecule has 150 valence electrons. The van der Waals surface area contributed by atoms with Crippen molar-refractivity contribution in [1.29, 1.82) is 0 Å². The van der Waals surface area contributed by atoms with Crippen LogP contribution in [0.5, 0.6) is 0 Å². The van der Waals surface area contributed by atoms with E-state index >= 15 is 0 Å². The van der Waals surface area contributed by atoms with E-state index in [0.717, 1.165) is 25.9 Å². The average molecular weight is 364 g/mol. The first-order chi connectivity index (χ1) is 12.4. The van der Waals surface area contributed by atoms with E-state index in [1.807, 2.05) is 6.08 Å². The van der Waals surface area contributed by atoms with Gasteiger partial charge in [0.2, 0.25) is 0 Å². The Hall–Kier alpha value is -0.540. The molecular formula is C18H36O7. The topological polar surface area (TPSA) is 75.6 Å². The number of hydrogen-bond acceptors (Lipinski definition) is 7. The van der Waals surface area contributed by atoms with Crippen molar-refractivity contribution in [2.75, 3.05) is 85.9 Å². The molecule has 0 radical (unpaired) electrons. The number of aliphatic hydroxyl groups is 1. The van der Waals surface area contributed by atoms with Gasteiger partial charge < -0.3 is 33.5 Å². The molecule has 0 aliphatic carbocycles. The molecule has 0 aromatic carbocycles. The van der Waals surface area contributed by atoms with E-state index in [1.54, 1.807) is 0 Å². The van der Waals surface area contributed by atoms with Gasteiger partial charge in [-0.15, -0.1) is 6.58 Å². The molecule has 0 rings (SSSR count). The lowest BCUT2D eigenvalue weighted by molar-refractivity contribution is -0.0182. The summed E-state index contributed by atoms with van der Waals surface area (Å²) < 4.78 is 32.0. The Morgan fingerprint density at radius 1 is 0.520 bits per heavy atom. The third-order valence-electron chi connectivity index (χ3n) is 3.04. The van der Waals surface area contributed by atoms with Gasteiger partial charge in [0.15, 0.2) is 0 Å². The van der Waals surface area contributed by atoms with E-state index in [0.29, 0.717) is 72.7 Å². The summed E-state index contributed by atoms with van der Waals surface area (Å²) in [4.78, 5) is 0. The summed E-state index contributed by atoms with van der Waals surface area (Å²) in [6.45, 7) is 10.4. The van der Waals surface area contributed by atoms with Crippen molar-refractivity contribution in [2.24, 2.45) is 0 Å². The molecule has 0 saturated heterocycles. The summed E-state index contributed by atoms with van der Waals surface area (Å²) in [6, 6.07) is 0. The highest BCUT2D eigenvalue weighted by Gasteiger charge is 1.94. The lowest BCUT2D eigenvalue weighted by Crippen LogP contribution is -2.14. The zero-order valence-corrected chi connectivity index (χ0v) is 15.5. The Labute approximate surface area is 152 Å². The quantitative estimate of drug-likeness (QED) is 0.230. The minimum Gasteiger partial charge on any atom is -0.394 e. The molecule has 7 nitrogen and oxygen atoms in total. The van der Waals surface area contributed by atoms with E-state index in [2.05, 4.69) is 6.58 Å². The van der Waals surface area contributed by atoms with Crippen molar-refractivity contribution in [3.8, 4) is 0 Å². The normalized spacial score (nSPS) is 11.1. The van der Waals surface area contributed by atoms with Crippen LogP contribution in [-0.2, 0) is 28.4 Å². The van der Waals surface area contributed by atoms with Gasteiger partial charge in [-0.05, 0) is 19.3 Å². The Kier molecular flexibility index (Phi) is 23.0. The van der Waals surface area contributed by atoms with E-state index in [4.69, 9.17) is 33.5 Å². The maximum atomic E-state index is 8.51. The minimum atomic E-state index is 0.0400. The SMILES string of the molecule is C=CCCCCOCCOCCOCCOCCOCCOCCO. The Morgan fingerprint density at radius 3 is 1.24 bits per heavy atom. The highest BCUT2D eigenvalue weighted by atomic mass is 16.6. The van der Waals surface area contributed by atoms with Crippen molar-refractivity contribution in [2.45, 2.75) is 19.3 Å². The second kappa shape index (κ2) is 23.5. The third-order valence-corrected chi connectivity index (χ3v) is 3.04. The van der Waals surface area contributed by atoms with Crippen molar-refractivity contribution in [3.05, 3.63) is 12.7 Å². The number of allylic oxidation sites excluding steroid dienone is 1. The fourth-order valence-corrected chi connectivity index (χ4v) is 1.76. The van der Waals surface area contributed by atoms with Gasteiger partial charge in [0.1, 0.15) is 0 Å². The van der Waals surface area contributed by atoms with Gasteiger partial charge in [-0.2, -0.15) is 0 Å². The van der Waals surface area contributed by atoms with E-state index < -0.39 is 0 Å². The molecule has 7 heteroatoms. The first-order valence-corrected chi connectivity index (χ1v) is 9.10. The van der Waals surface area contributed by atoms with Crippen LogP contribution in [0.3, 0.4) is 0 Å². The fraction of sp³-hybridized carbons (Fsp3) is 0.889. The summed E-state index contributed by atoms with van der Waals surface area (Å²) in [7, 11) is 0. The van der Waals surface area contributed by atoms with Crippen LogP contribution in [0.1, 0.15) is 19.3 Å². The lowest BCUT2D eigenvalue weighted by atomic mass is 10.2. The van der Waals surface area contributed by atoms with Crippen molar-refractivity contribution in [3.63, 3.8) is 0 Å². The Bertz CT molecular complexity index is 252. The second-order valence-electron chi connectivity index (χ2n) is 5.18. The first kappa shape index (κ1) is 24.5. The number of ether oxygens (including phenoxy) is 6. The van der Waals surface area contributed by atoms with Gasteiger partial charge >= 0.3 is 0 Å². The Morgan fingerprint density at radius 2 is 0.880 bits per heavy atom. The average Bonchev–Trinajstić information content (AvgIpc) is 2.63. The maximum Gasteiger partial charge on any atom is 0.0701 e. The summed E-state index contributed by atoms with van der Waals surface area (Å²) in [5.74, 6) is 0. The van der Waals surface area contributed by atoms with Crippen LogP contribution < -0.4 is 0 Å². The van der Waals surface area contributed by atoms with Gasteiger partial charge in [0.25, 0.3) is 0 Å². The number of aliphatic hydroxyl groups excluding tert-OH is 1. The van der Waals surface area contributed by atoms with Gasteiger partial charge in [-0.3, -0.25) is 0 Å². The van der Waals surface area contributed by atoms with Crippen LogP contribution in [0, 0.1) is 0 Å². The fourth-order valence-electron chi connectivity index (χ4n) is 1.76. The van der Waals surface area contributed by atoms with Crippen LogP contribution in [0.25, 0.3) is 0 Å². The highest BCUT2D eigenvalue weighted by molar-refractivity contribution is 4.65. The molecule has 0 saturated carbocycles. The zero-order chi connectivity index (χ0) is 18.3. The maximum absolute atomic E-state index is 8.51. The number of rotatable bonds is 22. The molecule has 0 aromatic heterocycles. The van der Waals surface area contributed by atoms with Crippen molar-refractivity contribution in [1.82, 2.24) is 0 Å². The summed E-state index contributed by atoms with van der Waals surface area (Å²) in [5.41, 5.74) is 0. The van der Waals surface area contributed by atoms with Crippen molar-refractivity contribution < 1.29 is 33.5 Å². The molecule has 0 unspecified atom stereocenters.